The molecule has 0 aromatic carbocycles. The van der Waals surface area contributed by atoms with Crippen molar-refractivity contribution in [3.05, 3.63) is 29.6 Å². The predicted octanol–water partition coefficient (Wildman–Crippen LogP) is 0.379. The minimum Gasteiger partial charge on any atom is -0.409 e. The van der Waals surface area contributed by atoms with Crippen LogP contribution in [0.1, 0.15) is 24.6 Å². The maximum atomic E-state index is 9.61. The summed E-state index contributed by atoms with van der Waals surface area (Å²) in [6, 6.07) is 3.77. The Morgan fingerprint density at radius 2 is 2.47 bits per heavy atom. The maximum absolute atomic E-state index is 9.61. The summed E-state index contributed by atoms with van der Waals surface area (Å²) in [4.78, 5) is 6.41. The summed E-state index contributed by atoms with van der Waals surface area (Å²) < 4.78 is 0. The Kier molecular flexibility index (Phi) is 4.34. The molecule has 1 aromatic rings. The standard InChI is InChI=1S/C13H20N4O2/c1-9(18)10-4-6-17(7-10)8-11-3-2-5-15-12(11)13(14)16-19/h2-3,5,9-10,18-19H,4,6-8H2,1H3,(H2,14,16). The molecule has 2 unspecified atom stereocenters. The Hall–Kier alpha value is -1.66. The van der Waals surface area contributed by atoms with Crippen LogP contribution in [0.5, 0.6) is 0 Å². The lowest BCUT2D eigenvalue weighted by Crippen LogP contribution is -2.26. The fraction of sp³-hybridized carbons (Fsp3) is 0.538. The molecule has 1 aliphatic heterocycles. The van der Waals surface area contributed by atoms with E-state index in [1.54, 1.807) is 6.20 Å². The number of aliphatic hydroxyl groups is 1. The van der Waals surface area contributed by atoms with Gasteiger partial charge in [-0.15, -0.1) is 0 Å². The van der Waals surface area contributed by atoms with E-state index in [2.05, 4.69) is 15.0 Å². The highest BCUT2D eigenvalue weighted by Gasteiger charge is 2.26. The van der Waals surface area contributed by atoms with Crippen LogP contribution in [0, 0.1) is 5.92 Å². The topological polar surface area (TPSA) is 95.0 Å². The molecule has 2 heterocycles. The summed E-state index contributed by atoms with van der Waals surface area (Å²) in [7, 11) is 0. The quantitative estimate of drug-likeness (QED) is 0.316. The minimum atomic E-state index is -0.276. The molecule has 6 nitrogen and oxygen atoms in total. The van der Waals surface area contributed by atoms with Crippen LogP contribution in [0.4, 0.5) is 0 Å². The van der Waals surface area contributed by atoms with Crippen LogP contribution in [0.3, 0.4) is 0 Å². The molecule has 1 aromatic heterocycles. The van der Waals surface area contributed by atoms with E-state index >= 15 is 0 Å². The number of likely N-dealkylation sites (tertiary alicyclic amines) is 1. The lowest BCUT2D eigenvalue weighted by atomic mass is 10.0. The molecule has 0 amide bonds. The Morgan fingerprint density at radius 1 is 1.68 bits per heavy atom. The Labute approximate surface area is 112 Å². The van der Waals surface area contributed by atoms with Gasteiger partial charge in [-0.3, -0.25) is 9.88 Å². The first-order valence-corrected chi connectivity index (χ1v) is 6.44. The molecule has 6 heteroatoms. The number of amidine groups is 1. The van der Waals surface area contributed by atoms with E-state index in [1.807, 2.05) is 19.1 Å². The Bertz CT molecular complexity index is 462. The Balaban J connectivity index is 2.08. The molecule has 1 fully saturated rings. The SMILES string of the molecule is CC(O)C1CCN(Cc2cccnc2/C(N)=N/O)C1. The summed E-state index contributed by atoms with van der Waals surface area (Å²) in [6.45, 7) is 4.34. The van der Waals surface area contributed by atoms with Crippen molar-refractivity contribution in [2.75, 3.05) is 13.1 Å². The van der Waals surface area contributed by atoms with Crippen molar-refractivity contribution in [1.82, 2.24) is 9.88 Å². The van der Waals surface area contributed by atoms with Gasteiger partial charge in [-0.2, -0.15) is 0 Å². The van der Waals surface area contributed by atoms with E-state index in [-0.39, 0.29) is 11.9 Å². The van der Waals surface area contributed by atoms with E-state index < -0.39 is 0 Å². The second kappa shape index (κ2) is 5.99. The zero-order valence-corrected chi connectivity index (χ0v) is 11.0. The van der Waals surface area contributed by atoms with Gasteiger partial charge in [0.05, 0.1) is 6.10 Å². The fourth-order valence-electron chi connectivity index (χ4n) is 2.49. The van der Waals surface area contributed by atoms with Crippen molar-refractivity contribution in [2.45, 2.75) is 26.0 Å². The first-order chi connectivity index (χ1) is 9.11. The third-order valence-electron chi connectivity index (χ3n) is 3.63. The van der Waals surface area contributed by atoms with Crippen molar-refractivity contribution in [3.8, 4) is 0 Å². The monoisotopic (exact) mass is 264 g/mol. The molecular formula is C13H20N4O2. The van der Waals surface area contributed by atoms with E-state index in [0.717, 1.165) is 25.1 Å². The highest BCUT2D eigenvalue weighted by Crippen LogP contribution is 2.22. The van der Waals surface area contributed by atoms with E-state index in [0.29, 0.717) is 18.2 Å². The lowest BCUT2D eigenvalue weighted by Gasteiger charge is -2.18. The third kappa shape index (κ3) is 3.21. The average Bonchev–Trinajstić information content (AvgIpc) is 2.87. The fourth-order valence-corrected chi connectivity index (χ4v) is 2.49. The average molecular weight is 264 g/mol. The lowest BCUT2D eigenvalue weighted by molar-refractivity contribution is 0.127. The summed E-state index contributed by atoms with van der Waals surface area (Å²) in [6.07, 6.45) is 2.35. The molecule has 2 atom stereocenters. The molecule has 0 aliphatic carbocycles. The van der Waals surface area contributed by atoms with Crippen LogP contribution >= 0.6 is 0 Å². The van der Waals surface area contributed by atoms with Gasteiger partial charge in [0, 0.05) is 19.3 Å². The first kappa shape index (κ1) is 13.8. The summed E-state index contributed by atoms with van der Waals surface area (Å²) in [5.74, 6) is 0.353. The highest BCUT2D eigenvalue weighted by molar-refractivity contribution is 5.96. The second-order valence-electron chi connectivity index (χ2n) is 5.02. The van der Waals surface area contributed by atoms with Gasteiger partial charge in [0.1, 0.15) is 5.69 Å². The van der Waals surface area contributed by atoms with Gasteiger partial charge in [0.15, 0.2) is 5.84 Å². The molecule has 0 saturated carbocycles. The smallest absolute Gasteiger partial charge is 0.189 e. The van der Waals surface area contributed by atoms with Crippen molar-refractivity contribution in [1.29, 1.82) is 0 Å². The first-order valence-electron chi connectivity index (χ1n) is 6.44. The third-order valence-corrected chi connectivity index (χ3v) is 3.63. The molecule has 1 aliphatic rings. The van der Waals surface area contributed by atoms with Gasteiger partial charge in [-0.1, -0.05) is 11.2 Å². The number of rotatable bonds is 4. The summed E-state index contributed by atoms with van der Waals surface area (Å²) >= 11 is 0. The molecule has 0 radical (unpaired) electrons. The predicted molar refractivity (Wildman–Crippen MR) is 71.8 cm³/mol. The van der Waals surface area contributed by atoms with Gasteiger partial charge in [-0.25, -0.2) is 0 Å². The molecule has 19 heavy (non-hydrogen) atoms. The Morgan fingerprint density at radius 3 is 3.11 bits per heavy atom. The molecule has 4 N–H and O–H groups in total. The largest absolute Gasteiger partial charge is 0.409 e. The number of oxime groups is 1. The van der Waals surface area contributed by atoms with Gasteiger partial charge in [0.2, 0.25) is 0 Å². The highest BCUT2D eigenvalue weighted by atomic mass is 16.4. The molecule has 2 rings (SSSR count). The molecule has 0 bridgehead atoms. The number of nitrogens with zero attached hydrogens (tertiary/aromatic N) is 3. The number of nitrogens with two attached hydrogens (primary N) is 1. The van der Waals surface area contributed by atoms with Crippen molar-refractivity contribution < 1.29 is 10.3 Å². The van der Waals surface area contributed by atoms with Crippen molar-refractivity contribution in [3.63, 3.8) is 0 Å². The van der Waals surface area contributed by atoms with E-state index in [1.165, 1.54) is 0 Å². The summed E-state index contributed by atoms with van der Waals surface area (Å²) in [5.41, 5.74) is 7.08. The normalized spacial score (nSPS) is 22.6. The van der Waals surface area contributed by atoms with E-state index in [9.17, 15) is 5.11 Å². The van der Waals surface area contributed by atoms with Gasteiger partial charge in [0.25, 0.3) is 0 Å². The number of aliphatic hydroxyl groups excluding tert-OH is 1. The second-order valence-corrected chi connectivity index (χ2v) is 5.02. The van der Waals surface area contributed by atoms with Crippen LogP contribution in [0.2, 0.25) is 0 Å². The van der Waals surface area contributed by atoms with Crippen LogP contribution in [-0.4, -0.2) is 45.2 Å². The number of hydrogen-bond donors (Lipinski definition) is 3. The van der Waals surface area contributed by atoms with Crippen LogP contribution < -0.4 is 5.73 Å². The minimum absolute atomic E-state index is 0.0295. The van der Waals surface area contributed by atoms with Gasteiger partial charge < -0.3 is 16.0 Å². The molecule has 0 spiro atoms. The number of pyridine rings is 1. The van der Waals surface area contributed by atoms with Crippen molar-refractivity contribution >= 4 is 5.84 Å². The van der Waals surface area contributed by atoms with Gasteiger partial charge in [-0.05, 0) is 37.4 Å². The van der Waals surface area contributed by atoms with Crippen LogP contribution in [0.15, 0.2) is 23.5 Å². The number of hydrogen-bond acceptors (Lipinski definition) is 5. The zero-order chi connectivity index (χ0) is 13.8. The summed E-state index contributed by atoms with van der Waals surface area (Å²) in [5, 5.41) is 21.4. The zero-order valence-electron chi connectivity index (χ0n) is 11.0. The van der Waals surface area contributed by atoms with Gasteiger partial charge >= 0.3 is 0 Å². The number of aromatic nitrogens is 1. The molecule has 1 saturated heterocycles. The van der Waals surface area contributed by atoms with Crippen molar-refractivity contribution in [2.24, 2.45) is 16.8 Å². The van der Waals surface area contributed by atoms with E-state index in [4.69, 9.17) is 10.9 Å². The molecule has 104 valence electrons. The van der Waals surface area contributed by atoms with Crippen LogP contribution in [0.25, 0.3) is 0 Å². The molecular weight excluding hydrogens is 244 g/mol. The maximum Gasteiger partial charge on any atom is 0.189 e. The van der Waals surface area contributed by atoms with Crippen LogP contribution in [-0.2, 0) is 6.54 Å².